The lowest BCUT2D eigenvalue weighted by Crippen LogP contribution is -2.61. The van der Waals surface area contributed by atoms with Crippen molar-refractivity contribution in [2.24, 2.45) is 5.41 Å². The van der Waals surface area contributed by atoms with Gasteiger partial charge in [-0.2, -0.15) is 0 Å². The summed E-state index contributed by atoms with van der Waals surface area (Å²) in [6.45, 7) is 1.32. The van der Waals surface area contributed by atoms with Crippen molar-refractivity contribution >= 4 is 18.0 Å². The fourth-order valence-electron chi connectivity index (χ4n) is 4.16. The summed E-state index contributed by atoms with van der Waals surface area (Å²) in [6, 6.07) is 0.817. The monoisotopic (exact) mass is 490 g/mol. The lowest BCUT2D eigenvalue weighted by molar-refractivity contribution is -0.274. The highest BCUT2D eigenvalue weighted by Gasteiger charge is 2.48. The molecule has 1 saturated heterocycles. The van der Waals surface area contributed by atoms with Crippen LogP contribution >= 0.6 is 0 Å². The van der Waals surface area contributed by atoms with Gasteiger partial charge in [0, 0.05) is 44.4 Å². The van der Waals surface area contributed by atoms with Crippen LogP contribution in [0.2, 0.25) is 0 Å². The molecule has 2 aliphatic rings. The van der Waals surface area contributed by atoms with Gasteiger partial charge in [0.05, 0.1) is 11.5 Å². The van der Waals surface area contributed by atoms with E-state index < -0.39 is 47.4 Å². The Balaban J connectivity index is 1.73. The van der Waals surface area contributed by atoms with Gasteiger partial charge in [-0.25, -0.2) is 14.0 Å². The zero-order valence-corrected chi connectivity index (χ0v) is 18.6. The van der Waals surface area contributed by atoms with E-state index in [2.05, 4.69) is 15.4 Å². The van der Waals surface area contributed by atoms with Gasteiger partial charge in [0.2, 0.25) is 0 Å². The van der Waals surface area contributed by atoms with Crippen molar-refractivity contribution in [1.82, 2.24) is 20.4 Å². The highest BCUT2D eigenvalue weighted by Crippen LogP contribution is 2.37. The second-order valence-corrected chi connectivity index (χ2v) is 8.76. The van der Waals surface area contributed by atoms with E-state index in [0.717, 1.165) is 12.1 Å². The first kappa shape index (κ1) is 25.4. The molecule has 1 aliphatic carbocycles. The second kappa shape index (κ2) is 9.55. The van der Waals surface area contributed by atoms with Gasteiger partial charge in [0.1, 0.15) is 11.6 Å². The molecule has 0 aromatic heterocycles. The molecule has 1 saturated carbocycles. The Morgan fingerprint density at radius 2 is 1.94 bits per heavy atom. The summed E-state index contributed by atoms with van der Waals surface area (Å²) in [6.07, 6.45) is -3.44. The number of urea groups is 2. The van der Waals surface area contributed by atoms with Crippen molar-refractivity contribution in [1.29, 1.82) is 0 Å². The molecule has 2 atom stereocenters. The average molecular weight is 490 g/mol. The van der Waals surface area contributed by atoms with Gasteiger partial charge < -0.3 is 30.3 Å². The Morgan fingerprint density at radius 1 is 1.26 bits per heavy atom. The van der Waals surface area contributed by atoms with Crippen LogP contribution in [0.4, 0.5) is 27.2 Å². The number of hydrogen-bond donors (Lipinski definition) is 3. The Morgan fingerprint density at radius 3 is 2.47 bits per heavy atom. The van der Waals surface area contributed by atoms with E-state index in [1.165, 1.54) is 23.8 Å². The standard InChI is InChI=1S/C21H26F4N4O5/c1-20(17(30)31)8-14(10-28(11-20)18(32)26-2)29(13-4-5-13)19(33)27-9-12-3-6-15(7-16(12)22)34-21(23,24)25/h3,6-7,13-14H,4-5,8-11H2,1-2H3,(H,26,32)(H,27,33)(H,30,31)/t14-,20-/m0/s1. The van der Waals surface area contributed by atoms with Crippen molar-refractivity contribution in [3.05, 3.63) is 29.6 Å². The molecular formula is C21H26F4N4O5. The third-order valence-corrected chi connectivity index (χ3v) is 5.93. The van der Waals surface area contributed by atoms with Crippen molar-refractivity contribution in [3.63, 3.8) is 0 Å². The van der Waals surface area contributed by atoms with Crippen molar-refractivity contribution in [2.45, 2.75) is 51.2 Å². The van der Waals surface area contributed by atoms with Crippen LogP contribution in [0.5, 0.6) is 5.75 Å². The average Bonchev–Trinajstić information content (AvgIpc) is 3.56. The molecule has 2 fully saturated rings. The molecule has 1 heterocycles. The zero-order chi connectivity index (χ0) is 25.3. The van der Waals surface area contributed by atoms with Gasteiger partial charge in [0.15, 0.2) is 0 Å². The van der Waals surface area contributed by atoms with Crippen LogP contribution in [0.25, 0.3) is 0 Å². The molecule has 1 aliphatic heterocycles. The molecule has 4 amide bonds. The van der Waals surface area contributed by atoms with Crippen molar-refractivity contribution < 1.29 is 41.8 Å². The molecule has 34 heavy (non-hydrogen) atoms. The summed E-state index contributed by atoms with van der Waals surface area (Å²) in [5.74, 6) is -2.79. The van der Waals surface area contributed by atoms with Crippen LogP contribution in [-0.4, -0.2) is 71.5 Å². The van der Waals surface area contributed by atoms with Crippen LogP contribution < -0.4 is 15.4 Å². The molecule has 9 nitrogen and oxygen atoms in total. The number of carboxylic acids is 1. The first-order chi connectivity index (χ1) is 15.8. The second-order valence-electron chi connectivity index (χ2n) is 8.76. The number of rotatable bonds is 6. The first-order valence-electron chi connectivity index (χ1n) is 10.6. The summed E-state index contributed by atoms with van der Waals surface area (Å²) in [7, 11) is 1.43. The van der Waals surface area contributed by atoms with Crippen LogP contribution in [-0.2, 0) is 11.3 Å². The molecule has 0 bridgehead atoms. The summed E-state index contributed by atoms with van der Waals surface area (Å²) in [4.78, 5) is 40.1. The lowest BCUT2D eigenvalue weighted by Gasteiger charge is -2.45. The minimum atomic E-state index is -4.96. The molecule has 0 radical (unpaired) electrons. The fourth-order valence-corrected chi connectivity index (χ4v) is 4.16. The number of hydrogen-bond acceptors (Lipinski definition) is 4. The summed E-state index contributed by atoms with van der Waals surface area (Å²) in [5.41, 5.74) is -1.33. The molecule has 188 valence electrons. The van der Waals surface area contributed by atoms with Gasteiger partial charge in [-0.05, 0) is 32.3 Å². The number of likely N-dealkylation sites (tertiary alicyclic amines) is 1. The first-order valence-corrected chi connectivity index (χ1v) is 10.6. The van der Waals surface area contributed by atoms with Crippen LogP contribution in [0, 0.1) is 11.2 Å². The number of amides is 4. The number of benzene rings is 1. The van der Waals surface area contributed by atoms with Gasteiger partial charge in [-0.15, -0.1) is 13.2 Å². The van der Waals surface area contributed by atoms with E-state index in [9.17, 15) is 37.1 Å². The summed E-state index contributed by atoms with van der Waals surface area (Å²) in [5, 5.41) is 14.8. The number of carbonyl (C=O) groups is 3. The molecular weight excluding hydrogens is 464 g/mol. The summed E-state index contributed by atoms with van der Waals surface area (Å²) < 4.78 is 54.8. The quantitative estimate of drug-likeness (QED) is 0.531. The number of alkyl halides is 3. The maximum Gasteiger partial charge on any atom is 0.573 e. The Kier molecular flexibility index (Phi) is 7.13. The minimum Gasteiger partial charge on any atom is -0.481 e. The van der Waals surface area contributed by atoms with E-state index in [4.69, 9.17) is 0 Å². The maximum absolute atomic E-state index is 14.2. The molecule has 0 spiro atoms. The molecule has 3 N–H and O–H groups in total. The number of piperidine rings is 1. The maximum atomic E-state index is 14.2. The van der Waals surface area contributed by atoms with Gasteiger partial charge >= 0.3 is 24.4 Å². The SMILES string of the molecule is CNC(=O)N1C[C@@H](N(C(=O)NCc2ccc(OC(F)(F)F)cc2F)C2CC2)C[C@](C)(C(=O)O)C1. The van der Waals surface area contributed by atoms with Crippen molar-refractivity contribution in [3.8, 4) is 5.75 Å². The van der Waals surface area contributed by atoms with Crippen LogP contribution in [0.15, 0.2) is 18.2 Å². The van der Waals surface area contributed by atoms with Gasteiger partial charge in [-0.1, -0.05) is 6.07 Å². The Bertz CT molecular complexity index is 956. The number of carbonyl (C=O) groups excluding carboxylic acids is 2. The fraction of sp³-hybridized carbons (Fsp3) is 0.571. The number of nitrogens with zero attached hydrogens (tertiary/aromatic N) is 2. The summed E-state index contributed by atoms with van der Waals surface area (Å²) >= 11 is 0. The molecule has 1 aromatic carbocycles. The predicted octanol–water partition coefficient (Wildman–Crippen LogP) is 2.90. The third kappa shape index (κ3) is 6.00. The molecule has 1 aromatic rings. The number of nitrogens with one attached hydrogen (secondary N) is 2. The normalized spacial score (nSPS) is 22.6. The van der Waals surface area contributed by atoms with E-state index >= 15 is 0 Å². The van der Waals surface area contributed by atoms with Crippen LogP contribution in [0.1, 0.15) is 31.7 Å². The number of carboxylic acid groups (broad SMARTS) is 1. The Hall–Kier alpha value is -3.25. The van der Waals surface area contributed by atoms with E-state index in [-0.39, 0.29) is 37.7 Å². The number of ether oxygens (including phenoxy) is 1. The molecule has 13 heteroatoms. The number of halogens is 4. The van der Waals surface area contributed by atoms with E-state index in [1.807, 2.05) is 0 Å². The topological polar surface area (TPSA) is 111 Å². The molecule has 0 unspecified atom stereocenters. The van der Waals surface area contributed by atoms with E-state index in [1.54, 1.807) is 0 Å². The zero-order valence-electron chi connectivity index (χ0n) is 18.6. The van der Waals surface area contributed by atoms with Crippen molar-refractivity contribution in [2.75, 3.05) is 20.1 Å². The third-order valence-electron chi connectivity index (χ3n) is 5.93. The predicted molar refractivity (Wildman–Crippen MR) is 110 cm³/mol. The number of aliphatic carboxylic acids is 1. The smallest absolute Gasteiger partial charge is 0.481 e. The lowest BCUT2D eigenvalue weighted by atomic mass is 9.79. The minimum absolute atomic E-state index is 0.0177. The van der Waals surface area contributed by atoms with Gasteiger partial charge in [0.25, 0.3) is 0 Å². The van der Waals surface area contributed by atoms with E-state index in [0.29, 0.717) is 18.9 Å². The largest absolute Gasteiger partial charge is 0.573 e. The highest BCUT2D eigenvalue weighted by molar-refractivity contribution is 5.80. The Labute approximate surface area is 193 Å². The molecule has 3 rings (SSSR count). The van der Waals surface area contributed by atoms with Crippen LogP contribution in [0.3, 0.4) is 0 Å². The van der Waals surface area contributed by atoms with Gasteiger partial charge in [-0.3, -0.25) is 4.79 Å². The highest BCUT2D eigenvalue weighted by atomic mass is 19.4.